The Kier molecular flexibility index (Phi) is 19.6. The lowest BCUT2D eigenvalue weighted by molar-refractivity contribution is -0.192. The first-order valence-corrected chi connectivity index (χ1v) is 27.6. The van der Waals surface area contributed by atoms with E-state index in [4.69, 9.17) is 14.3 Å². The minimum Gasteiger partial charge on any atom is -0.493 e. The van der Waals surface area contributed by atoms with Gasteiger partial charge in [0.05, 0.1) is 25.3 Å². The first-order valence-electron chi connectivity index (χ1n) is 25.3. The van der Waals surface area contributed by atoms with Gasteiger partial charge in [0, 0.05) is 135 Å². The Morgan fingerprint density at radius 1 is 1.00 bits per heavy atom. The molecule has 18 nitrogen and oxygen atoms in total. The van der Waals surface area contributed by atoms with Crippen molar-refractivity contribution in [3.05, 3.63) is 113 Å². The van der Waals surface area contributed by atoms with Gasteiger partial charge in [0.25, 0.3) is 11.8 Å². The minimum absolute atomic E-state index is 0.0235. The third kappa shape index (κ3) is 15.6. The highest BCUT2D eigenvalue weighted by Crippen LogP contribution is 2.66. The zero-order valence-electron chi connectivity index (χ0n) is 43.4. The molecule has 23 heteroatoms. The Hall–Kier alpha value is -6.87. The molecule has 2 aliphatic heterocycles. The van der Waals surface area contributed by atoms with Gasteiger partial charge in [-0.1, -0.05) is 38.9 Å². The number of aromatic nitrogens is 1. The number of carbonyl (C=O) groups is 7. The van der Waals surface area contributed by atoms with Crippen LogP contribution >= 0.6 is 21.6 Å². The van der Waals surface area contributed by atoms with Crippen LogP contribution in [0.3, 0.4) is 0 Å². The summed E-state index contributed by atoms with van der Waals surface area (Å²) in [5, 5.41) is 10.7. The summed E-state index contributed by atoms with van der Waals surface area (Å²) in [7, 11) is 8.51. The third-order valence-corrected chi connectivity index (χ3v) is 16.6. The number of nitrogens with zero attached hydrogens (tertiary/aromatic N) is 5. The number of piperazine rings is 1. The molecule has 1 saturated carbocycles. The number of anilines is 2. The molecule has 3 heterocycles. The maximum absolute atomic E-state index is 15.2. The number of rotatable bonds is 23. The van der Waals surface area contributed by atoms with E-state index in [1.807, 2.05) is 58.7 Å². The normalized spacial score (nSPS) is 17.1. The molecule has 7 rings (SSSR count). The van der Waals surface area contributed by atoms with Crippen molar-refractivity contribution in [1.82, 2.24) is 25.7 Å². The first kappa shape index (κ1) is 56.8. The van der Waals surface area contributed by atoms with E-state index >= 15 is 4.39 Å². The number of aldehydes is 1. The Labute approximate surface area is 451 Å². The molecule has 76 heavy (non-hydrogen) atoms. The zero-order chi connectivity index (χ0) is 54.4. The molecule has 2 atom stereocenters. The number of halogens is 1. The van der Waals surface area contributed by atoms with E-state index in [1.54, 1.807) is 76.4 Å². The van der Waals surface area contributed by atoms with Gasteiger partial charge in [0.1, 0.15) is 39.3 Å². The predicted octanol–water partition coefficient (Wildman–Crippen LogP) is 4.83. The third-order valence-electron chi connectivity index (χ3n) is 13.3. The van der Waals surface area contributed by atoms with Crippen LogP contribution in [0.5, 0.6) is 11.5 Å². The standard InChI is InChI=1S/C53H63B2FN8O10S2/c1-52(2,31-44(66)61-60-42-18-27-73-43-30-39(16-17-40(42)43)72-26-6-9-47(69)74-62(3)45(67)8-5-25-65)76-75-28-19-46(68)64-23-21-63(22-24-64)38-14-11-34(12-15-38)50(70)58-33-35-10-13-37(29-41(35)56)59-51(71)49-48(53(49,54)55)36-7-4-20-57-32-36/h4,7,10-17,20,25,29-30,32,48-49H,5-6,8-9,18-19,21-24,26-28,31,33,54-55H2,1-3H3,(H,58,70)(H,59,71)(H,61,66)/b60-42+. The second-order valence-electron chi connectivity index (χ2n) is 19.9. The van der Waals surface area contributed by atoms with Gasteiger partial charge in [0.15, 0.2) is 0 Å². The van der Waals surface area contributed by atoms with E-state index in [1.165, 1.54) is 13.1 Å². The van der Waals surface area contributed by atoms with Gasteiger partial charge in [-0.2, -0.15) is 10.2 Å². The fraction of sp³-hybridized carbons (Fsp3) is 0.415. The Balaban J connectivity index is 0.757. The number of hydrogen-bond acceptors (Lipinski definition) is 15. The second-order valence-corrected chi connectivity index (χ2v) is 23.0. The predicted molar refractivity (Wildman–Crippen MR) is 295 cm³/mol. The van der Waals surface area contributed by atoms with E-state index in [0.29, 0.717) is 98.1 Å². The number of amides is 5. The number of hydrogen-bond donors (Lipinski definition) is 3. The average Bonchev–Trinajstić information content (AvgIpc) is 4.02. The van der Waals surface area contributed by atoms with Gasteiger partial charge in [0.2, 0.25) is 17.7 Å². The van der Waals surface area contributed by atoms with Crippen molar-refractivity contribution in [3.8, 4) is 11.5 Å². The maximum Gasteiger partial charge on any atom is 0.332 e. The SMILES string of the molecule is BC1(B)C(C(=O)Nc2ccc(CNC(=O)c3ccc(N4CCN(C(=O)CCSSC(C)(C)CC(=O)N/N=C5\CCOc6cc(OCCCC(=O)ON(C)C(=O)CCC=O)ccc65)CC4)cc3)c(F)c2)C1c1cccnc1. The van der Waals surface area contributed by atoms with Crippen molar-refractivity contribution in [3.63, 3.8) is 0 Å². The first-order chi connectivity index (χ1) is 36.4. The zero-order valence-corrected chi connectivity index (χ0v) is 45.1. The van der Waals surface area contributed by atoms with Crippen molar-refractivity contribution >= 4 is 96.2 Å². The van der Waals surface area contributed by atoms with Crippen LogP contribution in [0.25, 0.3) is 0 Å². The lowest BCUT2D eigenvalue weighted by atomic mass is 9.63. The Morgan fingerprint density at radius 2 is 1.78 bits per heavy atom. The number of benzene rings is 3. The van der Waals surface area contributed by atoms with E-state index in [-0.39, 0.29) is 79.5 Å². The highest BCUT2D eigenvalue weighted by atomic mass is 33.1. The van der Waals surface area contributed by atoms with Crippen LogP contribution < -0.4 is 30.4 Å². The van der Waals surface area contributed by atoms with E-state index in [0.717, 1.165) is 21.9 Å². The number of hydroxylamine groups is 2. The molecule has 2 unspecified atom stereocenters. The van der Waals surface area contributed by atoms with Crippen LogP contribution in [-0.2, 0) is 40.1 Å². The summed E-state index contributed by atoms with van der Waals surface area (Å²) in [5.41, 5.74) is 7.10. The fourth-order valence-corrected chi connectivity index (χ4v) is 11.6. The summed E-state index contributed by atoms with van der Waals surface area (Å²) in [6, 6.07) is 20.8. The number of hydrazone groups is 1. The van der Waals surface area contributed by atoms with Crippen LogP contribution in [0.1, 0.15) is 91.8 Å². The largest absolute Gasteiger partial charge is 0.493 e. The lowest BCUT2D eigenvalue weighted by Crippen LogP contribution is -2.48. The van der Waals surface area contributed by atoms with Crippen LogP contribution in [0, 0.1) is 11.7 Å². The van der Waals surface area contributed by atoms with E-state index in [9.17, 15) is 33.6 Å². The molecule has 1 saturated heterocycles. The summed E-state index contributed by atoms with van der Waals surface area (Å²) in [6.45, 7) is 6.90. The smallest absolute Gasteiger partial charge is 0.332 e. The minimum atomic E-state index is -0.593. The maximum atomic E-state index is 15.2. The van der Waals surface area contributed by atoms with Crippen molar-refractivity contribution in [2.75, 3.05) is 62.4 Å². The summed E-state index contributed by atoms with van der Waals surface area (Å²) in [6.07, 6.45) is 5.54. The monoisotopic (exact) mass is 1080 g/mol. The van der Waals surface area contributed by atoms with Crippen molar-refractivity contribution in [2.24, 2.45) is 11.0 Å². The molecule has 3 aromatic carbocycles. The molecule has 1 aromatic heterocycles. The van der Waals surface area contributed by atoms with Gasteiger partial charge in [-0.25, -0.2) is 14.6 Å². The Morgan fingerprint density at radius 3 is 2.50 bits per heavy atom. The van der Waals surface area contributed by atoms with Crippen LogP contribution in [0.2, 0.25) is 5.21 Å². The Bertz CT molecular complexity index is 2790. The van der Waals surface area contributed by atoms with Crippen LogP contribution in [0.4, 0.5) is 15.8 Å². The van der Waals surface area contributed by atoms with Crippen molar-refractivity contribution < 1.29 is 52.3 Å². The summed E-state index contributed by atoms with van der Waals surface area (Å²) >= 11 is 0. The summed E-state index contributed by atoms with van der Waals surface area (Å²) in [5.74, 6) is -0.857. The van der Waals surface area contributed by atoms with E-state index < -0.39 is 22.4 Å². The van der Waals surface area contributed by atoms with Crippen molar-refractivity contribution in [2.45, 2.75) is 81.2 Å². The molecular weight excluding hydrogens is 1010 g/mol. The fourth-order valence-electron chi connectivity index (χ4n) is 9.14. The quantitative estimate of drug-likeness (QED) is 0.0298. The molecule has 4 aromatic rings. The molecule has 0 bridgehead atoms. The molecule has 3 N–H and O–H groups in total. The molecule has 0 radical (unpaired) electrons. The summed E-state index contributed by atoms with van der Waals surface area (Å²) in [4.78, 5) is 100. The van der Waals surface area contributed by atoms with Gasteiger partial charge in [-0.3, -0.25) is 29.0 Å². The van der Waals surface area contributed by atoms with Gasteiger partial charge in [-0.05, 0) is 86.3 Å². The molecule has 2 fully saturated rings. The molecule has 5 amide bonds. The summed E-state index contributed by atoms with van der Waals surface area (Å²) < 4.78 is 26.4. The molecule has 3 aliphatic rings. The average molecular weight is 1080 g/mol. The van der Waals surface area contributed by atoms with Gasteiger partial charge in [-0.15, -0.1) is 0 Å². The number of pyridine rings is 1. The van der Waals surface area contributed by atoms with Gasteiger partial charge >= 0.3 is 5.97 Å². The van der Waals surface area contributed by atoms with Crippen LogP contribution in [-0.4, -0.2) is 135 Å². The second kappa shape index (κ2) is 26.3. The number of nitrogens with one attached hydrogen (secondary N) is 3. The highest BCUT2D eigenvalue weighted by Gasteiger charge is 2.61. The lowest BCUT2D eigenvalue weighted by Gasteiger charge is -2.36. The molecule has 400 valence electrons. The number of fused-ring (bicyclic) bond motifs is 1. The molecular formula is C53H63B2FN8O10S2. The van der Waals surface area contributed by atoms with Gasteiger partial charge < -0.3 is 39.5 Å². The highest BCUT2D eigenvalue weighted by molar-refractivity contribution is 8.77. The topological polar surface area (TPSA) is 218 Å². The van der Waals surface area contributed by atoms with Crippen LogP contribution in [0.15, 0.2) is 90.3 Å². The molecule has 0 spiro atoms. The molecule has 1 aliphatic carbocycles. The number of ether oxygens (including phenoxy) is 2. The number of carbonyl (C=O) groups excluding carboxylic acids is 7. The van der Waals surface area contributed by atoms with E-state index in [2.05, 4.69) is 31.0 Å². The van der Waals surface area contributed by atoms with Crippen molar-refractivity contribution in [1.29, 1.82) is 0 Å².